The van der Waals surface area contributed by atoms with E-state index in [1.165, 1.54) is 12.1 Å². The Hall–Kier alpha value is -2.40. The highest BCUT2D eigenvalue weighted by Gasteiger charge is 2.24. The van der Waals surface area contributed by atoms with Gasteiger partial charge in [-0.1, -0.05) is 55.1 Å². The maximum atomic E-state index is 12.0. The Balaban J connectivity index is 1.99. The largest absolute Gasteiger partial charge is 0.379 e. The van der Waals surface area contributed by atoms with Gasteiger partial charge in [-0.25, -0.2) is 0 Å². The molecule has 0 aromatic heterocycles. The van der Waals surface area contributed by atoms with Crippen LogP contribution in [0.15, 0.2) is 72.1 Å². The molecular formula is C17H16O4S. The average molecular weight is 316 g/mol. The zero-order valence-corrected chi connectivity index (χ0v) is 12.8. The summed E-state index contributed by atoms with van der Waals surface area (Å²) in [6.07, 6.45) is 0.528. The molecule has 5 heteroatoms. The predicted molar refractivity (Wildman–Crippen MR) is 84.9 cm³/mol. The second-order valence-corrected chi connectivity index (χ2v) is 6.25. The van der Waals surface area contributed by atoms with Gasteiger partial charge in [0.1, 0.15) is 10.7 Å². The first-order valence-corrected chi connectivity index (χ1v) is 8.15. The number of para-hydroxylation sites is 1. The summed E-state index contributed by atoms with van der Waals surface area (Å²) in [5, 5.41) is 0. The molecule has 0 heterocycles. The number of hydrogen-bond acceptors (Lipinski definition) is 4. The molecule has 0 unspecified atom stereocenters. The third kappa shape index (κ3) is 4.30. The Morgan fingerprint density at radius 1 is 0.955 bits per heavy atom. The molecule has 0 saturated carbocycles. The lowest BCUT2D eigenvalue weighted by atomic mass is 10.1. The SMILES string of the molecule is C=C(C(=O)CCc1ccccc1)S(=O)(=O)Oc1ccccc1. The minimum Gasteiger partial charge on any atom is -0.379 e. The van der Waals surface area contributed by atoms with Crippen molar-refractivity contribution in [1.29, 1.82) is 0 Å². The number of carbonyl (C=O) groups excluding carboxylic acids is 1. The molecule has 0 spiro atoms. The molecule has 0 aliphatic heterocycles. The van der Waals surface area contributed by atoms with Crippen molar-refractivity contribution in [3.8, 4) is 5.75 Å². The number of hydrogen-bond donors (Lipinski definition) is 0. The van der Waals surface area contributed by atoms with Crippen LogP contribution in [0.1, 0.15) is 12.0 Å². The average Bonchev–Trinajstić information content (AvgIpc) is 2.53. The minimum absolute atomic E-state index is 0.0697. The lowest BCUT2D eigenvalue weighted by molar-refractivity contribution is -0.114. The summed E-state index contributed by atoms with van der Waals surface area (Å²) >= 11 is 0. The standard InChI is InChI=1S/C17H16O4S/c1-14(17(18)13-12-15-8-4-2-5-9-15)22(19,20)21-16-10-6-3-7-11-16/h2-11H,1,12-13H2. The molecule has 0 aliphatic rings. The Bertz CT molecular complexity index is 750. The van der Waals surface area contributed by atoms with E-state index in [4.69, 9.17) is 4.18 Å². The van der Waals surface area contributed by atoms with Crippen LogP contribution >= 0.6 is 0 Å². The van der Waals surface area contributed by atoms with Crippen LogP contribution in [0.2, 0.25) is 0 Å². The minimum atomic E-state index is -4.16. The van der Waals surface area contributed by atoms with Crippen LogP contribution in [0.5, 0.6) is 5.75 Å². The fourth-order valence-electron chi connectivity index (χ4n) is 1.83. The van der Waals surface area contributed by atoms with E-state index in [0.717, 1.165) is 5.56 Å². The van der Waals surface area contributed by atoms with Crippen LogP contribution in [-0.2, 0) is 21.3 Å². The van der Waals surface area contributed by atoms with E-state index in [1.54, 1.807) is 18.2 Å². The van der Waals surface area contributed by atoms with Crippen LogP contribution in [0.3, 0.4) is 0 Å². The third-order valence-corrected chi connectivity index (χ3v) is 4.29. The van der Waals surface area contributed by atoms with Gasteiger partial charge in [0, 0.05) is 6.42 Å². The topological polar surface area (TPSA) is 60.4 Å². The van der Waals surface area contributed by atoms with Gasteiger partial charge < -0.3 is 4.18 Å². The molecule has 0 fully saturated rings. The Labute approximate surface area is 130 Å². The summed E-state index contributed by atoms with van der Waals surface area (Å²) in [6.45, 7) is 3.37. The van der Waals surface area contributed by atoms with Crippen molar-refractivity contribution in [2.24, 2.45) is 0 Å². The summed E-state index contributed by atoms with van der Waals surface area (Å²) in [5.74, 6) is -0.390. The van der Waals surface area contributed by atoms with E-state index < -0.39 is 20.8 Å². The van der Waals surface area contributed by atoms with Crippen LogP contribution in [0.4, 0.5) is 0 Å². The zero-order valence-electron chi connectivity index (χ0n) is 11.9. The molecular weight excluding hydrogens is 300 g/mol. The van der Waals surface area contributed by atoms with Crippen molar-refractivity contribution in [1.82, 2.24) is 0 Å². The van der Waals surface area contributed by atoms with Crippen LogP contribution in [-0.4, -0.2) is 14.2 Å². The summed E-state index contributed by atoms with van der Waals surface area (Å²) in [6, 6.07) is 17.4. The van der Waals surface area contributed by atoms with Gasteiger partial charge in [0.15, 0.2) is 5.78 Å². The Morgan fingerprint density at radius 2 is 1.50 bits per heavy atom. The Morgan fingerprint density at radius 3 is 2.09 bits per heavy atom. The molecule has 4 nitrogen and oxygen atoms in total. The molecule has 0 bridgehead atoms. The normalized spacial score (nSPS) is 10.9. The van der Waals surface area contributed by atoms with Crippen molar-refractivity contribution < 1.29 is 17.4 Å². The summed E-state index contributed by atoms with van der Waals surface area (Å²) in [7, 11) is -4.16. The first kappa shape index (κ1) is 16.0. The first-order valence-electron chi connectivity index (χ1n) is 6.74. The molecule has 2 rings (SSSR count). The molecule has 0 saturated heterocycles. The van der Waals surface area contributed by atoms with Crippen molar-refractivity contribution in [2.75, 3.05) is 0 Å². The second-order valence-electron chi connectivity index (χ2n) is 4.68. The number of allylic oxidation sites excluding steroid dienone is 1. The molecule has 114 valence electrons. The van der Waals surface area contributed by atoms with E-state index in [9.17, 15) is 13.2 Å². The summed E-state index contributed by atoms with van der Waals surface area (Å²) in [4.78, 5) is 11.5. The van der Waals surface area contributed by atoms with Gasteiger partial charge in [-0.3, -0.25) is 4.79 Å². The molecule has 0 atom stereocenters. The van der Waals surface area contributed by atoms with E-state index in [0.29, 0.717) is 6.42 Å². The first-order chi connectivity index (χ1) is 10.5. The molecule has 0 radical (unpaired) electrons. The highest BCUT2D eigenvalue weighted by molar-refractivity contribution is 7.92. The lowest BCUT2D eigenvalue weighted by Gasteiger charge is -2.08. The van der Waals surface area contributed by atoms with Crippen LogP contribution in [0, 0.1) is 0 Å². The highest BCUT2D eigenvalue weighted by atomic mass is 32.2. The monoisotopic (exact) mass is 316 g/mol. The highest BCUT2D eigenvalue weighted by Crippen LogP contribution is 2.17. The van der Waals surface area contributed by atoms with E-state index in [2.05, 4.69) is 6.58 Å². The fourth-order valence-corrected chi connectivity index (χ4v) is 2.68. The van der Waals surface area contributed by atoms with Gasteiger partial charge >= 0.3 is 10.1 Å². The number of benzene rings is 2. The fraction of sp³-hybridized carbons (Fsp3) is 0.118. The second kappa shape index (κ2) is 7.04. The number of aryl methyl sites for hydroxylation is 1. The zero-order chi connectivity index (χ0) is 16.0. The number of carbonyl (C=O) groups is 1. The van der Waals surface area contributed by atoms with Crippen LogP contribution in [0.25, 0.3) is 0 Å². The van der Waals surface area contributed by atoms with Crippen molar-refractivity contribution in [2.45, 2.75) is 12.8 Å². The van der Waals surface area contributed by atoms with Crippen LogP contribution < -0.4 is 4.18 Å². The third-order valence-electron chi connectivity index (χ3n) is 3.05. The van der Waals surface area contributed by atoms with Crippen molar-refractivity contribution >= 4 is 15.9 Å². The molecule has 22 heavy (non-hydrogen) atoms. The molecule has 0 aliphatic carbocycles. The molecule has 0 N–H and O–H groups in total. The molecule has 2 aromatic rings. The van der Waals surface area contributed by atoms with Crippen molar-refractivity contribution in [3.05, 3.63) is 77.7 Å². The number of rotatable bonds is 7. The quantitative estimate of drug-likeness (QED) is 0.582. The maximum Gasteiger partial charge on any atom is 0.342 e. The molecule has 0 amide bonds. The van der Waals surface area contributed by atoms with E-state index in [1.807, 2.05) is 30.3 Å². The summed E-state index contributed by atoms with van der Waals surface area (Å²) in [5.41, 5.74) is 0.963. The Kier molecular flexibility index (Phi) is 5.12. The summed E-state index contributed by atoms with van der Waals surface area (Å²) < 4.78 is 28.9. The van der Waals surface area contributed by atoms with E-state index >= 15 is 0 Å². The number of Topliss-reactive ketones (excluding diaryl/α,β-unsaturated/α-hetero) is 1. The van der Waals surface area contributed by atoms with E-state index in [-0.39, 0.29) is 12.2 Å². The van der Waals surface area contributed by atoms with Gasteiger partial charge in [-0.15, -0.1) is 0 Å². The number of ketones is 1. The van der Waals surface area contributed by atoms with Gasteiger partial charge in [0.05, 0.1) is 0 Å². The smallest absolute Gasteiger partial charge is 0.342 e. The van der Waals surface area contributed by atoms with Crippen molar-refractivity contribution in [3.63, 3.8) is 0 Å². The van der Waals surface area contributed by atoms with Gasteiger partial charge in [-0.2, -0.15) is 8.42 Å². The lowest BCUT2D eigenvalue weighted by Crippen LogP contribution is -2.18. The maximum absolute atomic E-state index is 12.0. The predicted octanol–water partition coefficient (Wildman–Crippen LogP) is 3.11. The van der Waals surface area contributed by atoms with Gasteiger partial charge in [0.2, 0.25) is 0 Å². The van der Waals surface area contributed by atoms with Gasteiger partial charge in [-0.05, 0) is 24.1 Å². The van der Waals surface area contributed by atoms with Gasteiger partial charge in [0.25, 0.3) is 0 Å². The molecule has 2 aromatic carbocycles.